The van der Waals surface area contributed by atoms with E-state index < -0.39 is 0 Å². The van der Waals surface area contributed by atoms with E-state index in [0.717, 1.165) is 18.2 Å². The molecule has 0 aromatic heterocycles. The fraction of sp³-hybridized carbons (Fsp3) is 0.538. The van der Waals surface area contributed by atoms with Crippen LogP contribution in [0.15, 0.2) is 18.2 Å². The summed E-state index contributed by atoms with van der Waals surface area (Å²) in [7, 11) is 0. The Labute approximate surface area is 106 Å². The summed E-state index contributed by atoms with van der Waals surface area (Å²) < 4.78 is 13.0. The summed E-state index contributed by atoms with van der Waals surface area (Å²) in [5.74, 6) is 0.454. The highest BCUT2D eigenvalue weighted by Crippen LogP contribution is 2.31. The summed E-state index contributed by atoms with van der Waals surface area (Å²) in [6.45, 7) is 3.53. The average Bonchev–Trinajstić information content (AvgIpc) is 2.34. The molecule has 2 nitrogen and oxygen atoms in total. The topological polar surface area (TPSA) is 15.3 Å². The zero-order valence-corrected chi connectivity index (χ0v) is 10.4. The molecule has 0 spiro atoms. The highest BCUT2D eigenvalue weighted by molar-refractivity contribution is 6.33. The predicted octanol–water partition coefficient (Wildman–Crippen LogP) is 2.99. The standard InChI is InChI=1S/C13H16ClFN2/c14-11-7-10(15)1-2-12(11)16-13-8-17-5-3-9(13)4-6-17/h1-2,7,9,13,16H,3-6,8H2. The van der Waals surface area contributed by atoms with Crippen molar-refractivity contribution in [3.8, 4) is 0 Å². The molecule has 3 saturated heterocycles. The van der Waals surface area contributed by atoms with Gasteiger partial charge in [0.25, 0.3) is 0 Å². The first-order valence-corrected chi connectivity index (χ1v) is 6.54. The molecule has 1 aromatic carbocycles. The van der Waals surface area contributed by atoms with Gasteiger partial charge in [0.2, 0.25) is 0 Å². The summed E-state index contributed by atoms with van der Waals surface area (Å²) in [5, 5.41) is 3.94. The van der Waals surface area contributed by atoms with Crippen molar-refractivity contribution in [2.24, 2.45) is 5.92 Å². The van der Waals surface area contributed by atoms with Gasteiger partial charge in [-0.05, 0) is 50.0 Å². The van der Waals surface area contributed by atoms with E-state index in [1.54, 1.807) is 6.07 Å². The number of piperidine rings is 3. The van der Waals surface area contributed by atoms with E-state index in [4.69, 9.17) is 11.6 Å². The van der Waals surface area contributed by atoms with Crippen LogP contribution >= 0.6 is 11.6 Å². The van der Waals surface area contributed by atoms with Gasteiger partial charge in [0, 0.05) is 12.6 Å². The first-order valence-electron chi connectivity index (χ1n) is 6.16. The van der Waals surface area contributed by atoms with Gasteiger partial charge in [-0.2, -0.15) is 0 Å². The maximum atomic E-state index is 13.0. The Morgan fingerprint density at radius 2 is 2.06 bits per heavy atom. The molecule has 4 heteroatoms. The van der Waals surface area contributed by atoms with Gasteiger partial charge in [0.1, 0.15) is 5.82 Å². The summed E-state index contributed by atoms with van der Waals surface area (Å²) in [6.07, 6.45) is 2.52. The summed E-state index contributed by atoms with van der Waals surface area (Å²) in [5.41, 5.74) is 0.854. The fourth-order valence-corrected chi connectivity index (χ4v) is 3.16. The lowest BCUT2D eigenvalue weighted by molar-refractivity contribution is 0.0975. The van der Waals surface area contributed by atoms with Crippen LogP contribution in [0.3, 0.4) is 0 Å². The van der Waals surface area contributed by atoms with Crippen molar-refractivity contribution in [2.75, 3.05) is 25.0 Å². The summed E-state index contributed by atoms with van der Waals surface area (Å²) in [4.78, 5) is 2.48. The third-order valence-electron chi connectivity index (χ3n) is 3.93. The molecule has 1 N–H and O–H groups in total. The van der Waals surface area contributed by atoms with Crippen molar-refractivity contribution in [3.05, 3.63) is 29.0 Å². The van der Waals surface area contributed by atoms with Gasteiger partial charge in [-0.3, -0.25) is 0 Å². The monoisotopic (exact) mass is 254 g/mol. The number of halogens is 2. The van der Waals surface area contributed by atoms with Crippen LogP contribution in [0.25, 0.3) is 0 Å². The van der Waals surface area contributed by atoms with E-state index in [1.807, 2.05) is 0 Å². The van der Waals surface area contributed by atoms with Gasteiger partial charge in [0.15, 0.2) is 0 Å². The number of nitrogens with zero attached hydrogens (tertiary/aromatic N) is 1. The summed E-state index contributed by atoms with van der Waals surface area (Å²) in [6, 6.07) is 5.01. The van der Waals surface area contributed by atoms with Crippen LogP contribution in [0.1, 0.15) is 12.8 Å². The van der Waals surface area contributed by atoms with Crippen LogP contribution in [0, 0.1) is 11.7 Å². The van der Waals surface area contributed by atoms with Crippen molar-refractivity contribution in [1.29, 1.82) is 0 Å². The smallest absolute Gasteiger partial charge is 0.124 e. The van der Waals surface area contributed by atoms with Crippen LogP contribution < -0.4 is 5.32 Å². The molecule has 3 aliphatic rings. The maximum absolute atomic E-state index is 13.0. The molecular weight excluding hydrogens is 239 g/mol. The molecule has 1 unspecified atom stereocenters. The molecule has 2 bridgehead atoms. The Kier molecular flexibility index (Phi) is 2.97. The second-order valence-corrected chi connectivity index (χ2v) is 5.42. The van der Waals surface area contributed by atoms with E-state index in [2.05, 4.69) is 10.2 Å². The van der Waals surface area contributed by atoms with Crippen LogP contribution in [-0.2, 0) is 0 Å². The average molecular weight is 255 g/mol. The van der Waals surface area contributed by atoms with Gasteiger partial charge in [0.05, 0.1) is 10.7 Å². The Morgan fingerprint density at radius 3 is 2.65 bits per heavy atom. The number of hydrogen-bond donors (Lipinski definition) is 1. The predicted molar refractivity (Wildman–Crippen MR) is 68.0 cm³/mol. The number of benzene rings is 1. The van der Waals surface area contributed by atoms with Gasteiger partial charge in [-0.15, -0.1) is 0 Å². The van der Waals surface area contributed by atoms with Gasteiger partial charge < -0.3 is 10.2 Å². The zero-order chi connectivity index (χ0) is 11.8. The lowest BCUT2D eigenvalue weighted by Gasteiger charge is -2.45. The van der Waals surface area contributed by atoms with Gasteiger partial charge in [-0.1, -0.05) is 11.6 Å². The first-order chi connectivity index (χ1) is 8.22. The largest absolute Gasteiger partial charge is 0.380 e. The maximum Gasteiger partial charge on any atom is 0.124 e. The molecular formula is C13H16ClFN2. The zero-order valence-electron chi connectivity index (χ0n) is 9.63. The second kappa shape index (κ2) is 4.46. The summed E-state index contributed by atoms with van der Waals surface area (Å²) >= 11 is 6.03. The molecule has 17 heavy (non-hydrogen) atoms. The van der Waals surface area contributed by atoms with Crippen molar-refractivity contribution >= 4 is 17.3 Å². The SMILES string of the molecule is Fc1ccc(NC2CN3CCC2CC3)c(Cl)c1. The van der Waals surface area contributed by atoms with E-state index in [0.29, 0.717) is 11.1 Å². The van der Waals surface area contributed by atoms with E-state index in [9.17, 15) is 4.39 Å². The third kappa shape index (κ3) is 2.26. The Morgan fingerprint density at radius 1 is 1.29 bits per heavy atom. The lowest BCUT2D eigenvalue weighted by Crippen LogP contribution is -2.53. The molecule has 0 radical (unpaired) electrons. The van der Waals surface area contributed by atoms with Crippen LogP contribution in [0.2, 0.25) is 5.02 Å². The minimum Gasteiger partial charge on any atom is -0.380 e. The van der Waals surface area contributed by atoms with Crippen molar-refractivity contribution in [1.82, 2.24) is 4.90 Å². The molecule has 0 amide bonds. The van der Waals surface area contributed by atoms with Crippen LogP contribution in [0.5, 0.6) is 0 Å². The molecule has 3 fully saturated rings. The van der Waals surface area contributed by atoms with Crippen molar-refractivity contribution in [2.45, 2.75) is 18.9 Å². The van der Waals surface area contributed by atoms with Gasteiger partial charge in [-0.25, -0.2) is 4.39 Å². The molecule has 1 atom stereocenters. The fourth-order valence-electron chi connectivity index (χ4n) is 2.93. The molecule has 0 saturated carbocycles. The minimum absolute atomic E-state index is 0.283. The minimum atomic E-state index is -0.283. The Bertz CT molecular complexity index is 416. The number of nitrogens with one attached hydrogen (secondary N) is 1. The van der Waals surface area contributed by atoms with Crippen LogP contribution in [-0.4, -0.2) is 30.6 Å². The molecule has 92 valence electrons. The van der Waals surface area contributed by atoms with Crippen molar-refractivity contribution in [3.63, 3.8) is 0 Å². The highest BCUT2D eigenvalue weighted by atomic mass is 35.5. The first kappa shape index (κ1) is 11.3. The molecule has 3 aliphatic heterocycles. The quantitative estimate of drug-likeness (QED) is 0.873. The van der Waals surface area contributed by atoms with E-state index >= 15 is 0 Å². The normalized spacial score (nSPS) is 31.5. The Balaban J connectivity index is 1.74. The molecule has 4 rings (SSSR count). The highest BCUT2D eigenvalue weighted by Gasteiger charge is 2.34. The van der Waals surface area contributed by atoms with Crippen LogP contribution in [0.4, 0.5) is 10.1 Å². The third-order valence-corrected chi connectivity index (χ3v) is 4.24. The molecule has 0 aliphatic carbocycles. The van der Waals surface area contributed by atoms with E-state index in [1.165, 1.54) is 38.1 Å². The number of rotatable bonds is 2. The lowest BCUT2D eigenvalue weighted by atomic mass is 9.84. The molecule has 1 aromatic rings. The molecule has 3 heterocycles. The number of anilines is 1. The van der Waals surface area contributed by atoms with Gasteiger partial charge >= 0.3 is 0 Å². The number of fused-ring (bicyclic) bond motifs is 3. The number of hydrogen-bond acceptors (Lipinski definition) is 2. The Hall–Kier alpha value is -0.800. The van der Waals surface area contributed by atoms with Crippen molar-refractivity contribution < 1.29 is 4.39 Å². The second-order valence-electron chi connectivity index (χ2n) is 5.01. The van der Waals surface area contributed by atoms with E-state index in [-0.39, 0.29) is 5.82 Å².